The predicted octanol–water partition coefficient (Wildman–Crippen LogP) is 7.09. The molecule has 0 spiro atoms. The number of rotatable bonds is 19. The summed E-state index contributed by atoms with van der Waals surface area (Å²) in [7, 11) is 0. The van der Waals surface area contributed by atoms with Gasteiger partial charge in [-0.3, -0.25) is 4.79 Å². The first-order chi connectivity index (χ1) is 16.8. The van der Waals surface area contributed by atoms with Gasteiger partial charge in [-0.2, -0.15) is 0 Å². The van der Waals surface area contributed by atoms with Gasteiger partial charge in [-0.25, -0.2) is 9.59 Å². The number of esters is 3. The molecule has 2 unspecified atom stereocenters. The lowest BCUT2D eigenvalue weighted by atomic mass is 9.77. The minimum Gasteiger partial charge on any atom is -0.465 e. The third kappa shape index (κ3) is 13.1. The quantitative estimate of drug-likeness (QED) is 0.0825. The van der Waals surface area contributed by atoms with Crippen molar-refractivity contribution in [3.8, 4) is 0 Å². The van der Waals surface area contributed by atoms with E-state index in [-0.39, 0.29) is 19.0 Å². The van der Waals surface area contributed by atoms with E-state index in [1.165, 1.54) is 32.1 Å². The molecule has 6 nitrogen and oxygen atoms in total. The zero-order valence-electron chi connectivity index (χ0n) is 22.6. The Morgan fingerprint density at radius 1 is 0.914 bits per heavy atom. The van der Waals surface area contributed by atoms with Crippen molar-refractivity contribution in [2.45, 2.75) is 129 Å². The van der Waals surface area contributed by atoms with Gasteiger partial charge < -0.3 is 14.2 Å². The van der Waals surface area contributed by atoms with Gasteiger partial charge in [0.25, 0.3) is 0 Å². The van der Waals surface area contributed by atoms with Crippen LogP contribution in [0.4, 0.5) is 0 Å². The summed E-state index contributed by atoms with van der Waals surface area (Å²) in [5.74, 6) is -1.36. The van der Waals surface area contributed by atoms with Crippen LogP contribution in [-0.2, 0) is 28.6 Å². The highest BCUT2D eigenvalue weighted by atomic mass is 16.6. The lowest BCUT2D eigenvalue weighted by Crippen LogP contribution is -2.49. The highest BCUT2D eigenvalue weighted by molar-refractivity contribution is 5.88. The minimum absolute atomic E-state index is 0.106. The molecule has 35 heavy (non-hydrogen) atoms. The Labute approximate surface area is 213 Å². The number of carbonyl (C=O) groups excluding carboxylic acids is 3. The SMILES string of the molecule is C=CC(=O)OC1(C(=O)OCCCCCC(C)C)CCCC(C(=O)OCCCCCCCCCC)C1. The molecule has 2 atom stereocenters. The van der Waals surface area contributed by atoms with Crippen molar-refractivity contribution in [2.75, 3.05) is 13.2 Å². The molecule has 6 heteroatoms. The lowest BCUT2D eigenvalue weighted by molar-refractivity contribution is -0.188. The van der Waals surface area contributed by atoms with Gasteiger partial charge in [-0.05, 0) is 38.0 Å². The van der Waals surface area contributed by atoms with Crippen molar-refractivity contribution in [3.63, 3.8) is 0 Å². The number of ether oxygens (including phenoxy) is 3. The number of carbonyl (C=O) groups is 3. The summed E-state index contributed by atoms with van der Waals surface area (Å²) in [6, 6.07) is 0. The first kappa shape index (κ1) is 31.2. The zero-order valence-corrected chi connectivity index (χ0v) is 22.6. The van der Waals surface area contributed by atoms with E-state index in [0.29, 0.717) is 31.8 Å². The Balaban J connectivity index is 2.50. The smallest absolute Gasteiger partial charge is 0.350 e. The van der Waals surface area contributed by atoms with Gasteiger partial charge in [-0.1, -0.05) is 91.6 Å². The first-order valence-corrected chi connectivity index (χ1v) is 14.0. The molecule has 0 saturated heterocycles. The molecule has 1 fully saturated rings. The fourth-order valence-corrected chi connectivity index (χ4v) is 4.65. The second kappa shape index (κ2) is 18.4. The summed E-state index contributed by atoms with van der Waals surface area (Å²) in [5.41, 5.74) is -1.44. The van der Waals surface area contributed by atoms with Crippen molar-refractivity contribution in [3.05, 3.63) is 12.7 Å². The third-order valence-corrected chi connectivity index (χ3v) is 6.78. The van der Waals surface area contributed by atoms with Gasteiger partial charge in [-0.15, -0.1) is 0 Å². The maximum absolute atomic E-state index is 13.0. The van der Waals surface area contributed by atoms with E-state index in [9.17, 15) is 14.4 Å². The normalized spacial score (nSPS) is 19.8. The molecule has 1 rings (SSSR count). The second-order valence-electron chi connectivity index (χ2n) is 10.4. The Hall–Kier alpha value is -1.85. The molecule has 1 aliphatic carbocycles. The van der Waals surface area contributed by atoms with Gasteiger partial charge in [0.15, 0.2) is 0 Å². The van der Waals surface area contributed by atoms with E-state index in [1.54, 1.807) is 0 Å². The monoisotopic (exact) mass is 494 g/mol. The van der Waals surface area contributed by atoms with Crippen molar-refractivity contribution in [1.82, 2.24) is 0 Å². The van der Waals surface area contributed by atoms with Crippen LogP contribution in [0.1, 0.15) is 124 Å². The minimum atomic E-state index is -1.44. The summed E-state index contributed by atoms with van der Waals surface area (Å²) in [6.07, 6.45) is 16.1. The Bertz CT molecular complexity index is 629. The van der Waals surface area contributed by atoms with Crippen molar-refractivity contribution >= 4 is 17.9 Å². The van der Waals surface area contributed by atoms with Crippen LogP contribution < -0.4 is 0 Å². The molecule has 0 aliphatic heterocycles. The molecule has 0 radical (unpaired) electrons. The van der Waals surface area contributed by atoms with Crippen LogP contribution in [0.2, 0.25) is 0 Å². The van der Waals surface area contributed by atoms with E-state index >= 15 is 0 Å². The maximum Gasteiger partial charge on any atom is 0.350 e. The van der Waals surface area contributed by atoms with Gasteiger partial charge >= 0.3 is 17.9 Å². The molecule has 0 N–H and O–H groups in total. The zero-order chi connectivity index (χ0) is 25.9. The standard InChI is InChI=1S/C29H50O6/c1-5-7-8-9-10-11-12-15-21-33-27(31)25-19-17-20-29(23-25,35-26(30)6-2)28(32)34-22-16-13-14-18-24(3)4/h6,24-25H,2,5,7-23H2,1,3-4H3. The summed E-state index contributed by atoms with van der Waals surface area (Å²) in [6.45, 7) is 10.7. The van der Waals surface area contributed by atoms with Crippen molar-refractivity contribution in [2.24, 2.45) is 11.8 Å². The highest BCUT2D eigenvalue weighted by Gasteiger charge is 2.49. The number of unbranched alkanes of at least 4 members (excludes halogenated alkanes) is 9. The number of hydrogen-bond donors (Lipinski definition) is 0. The average Bonchev–Trinajstić information content (AvgIpc) is 2.84. The van der Waals surface area contributed by atoms with Crippen LogP contribution in [-0.4, -0.2) is 36.7 Å². The Morgan fingerprint density at radius 3 is 2.14 bits per heavy atom. The fourth-order valence-electron chi connectivity index (χ4n) is 4.65. The molecule has 0 aromatic carbocycles. The van der Waals surface area contributed by atoms with E-state index < -0.39 is 23.5 Å². The van der Waals surface area contributed by atoms with Crippen LogP contribution in [0.15, 0.2) is 12.7 Å². The molecule has 202 valence electrons. The van der Waals surface area contributed by atoms with Crippen molar-refractivity contribution < 1.29 is 28.6 Å². The fraction of sp³-hybridized carbons (Fsp3) is 0.828. The van der Waals surface area contributed by atoms with E-state index in [2.05, 4.69) is 27.4 Å². The second-order valence-corrected chi connectivity index (χ2v) is 10.4. The molecule has 0 amide bonds. The predicted molar refractivity (Wildman–Crippen MR) is 139 cm³/mol. The molecule has 0 aromatic heterocycles. The Kier molecular flexibility index (Phi) is 16.4. The molecular weight excluding hydrogens is 444 g/mol. The van der Waals surface area contributed by atoms with E-state index in [1.807, 2.05) is 0 Å². The molecule has 1 saturated carbocycles. The lowest BCUT2D eigenvalue weighted by Gasteiger charge is -2.37. The van der Waals surface area contributed by atoms with Crippen LogP contribution in [0, 0.1) is 11.8 Å². The summed E-state index contributed by atoms with van der Waals surface area (Å²) < 4.78 is 16.6. The van der Waals surface area contributed by atoms with Gasteiger partial charge in [0.2, 0.25) is 5.60 Å². The number of hydrogen-bond acceptors (Lipinski definition) is 6. The van der Waals surface area contributed by atoms with E-state index in [4.69, 9.17) is 14.2 Å². The van der Waals surface area contributed by atoms with Crippen LogP contribution in [0.25, 0.3) is 0 Å². The summed E-state index contributed by atoms with van der Waals surface area (Å²) in [4.78, 5) is 37.8. The summed E-state index contributed by atoms with van der Waals surface area (Å²) >= 11 is 0. The average molecular weight is 495 g/mol. The van der Waals surface area contributed by atoms with Gasteiger partial charge in [0, 0.05) is 12.5 Å². The van der Waals surface area contributed by atoms with Crippen molar-refractivity contribution in [1.29, 1.82) is 0 Å². The largest absolute Gasteiger partial charge is 0.465 e. The van der Waals surface area contributed by atoms with Gasteiger partial charge in [0.05, 0.1) is 19.1 Å². The topological polar surface area (TPSA) is 78.9 Å². The van der Waals surface area contributed by atoms with Crippen LogP contribution in [0.3, 0.4) is 0 Å². The van der Waals surface area contributed by atoms with Gasteiger partial charge in [0.1, 0.15) is 0 Å². The van der Waals surface area contributed by atoms with E-state index in [0.717, 1.165) is 51.0 Å². The Morgan fingerprint density at radius 2 is 1.51 bits per heavy atom. The first-order valence-electron chi connectivity index (χ1n) is 14.0. The molecule has 0 bridgehead atoms. The third-order valence-electron chi connectivity index (χ3n) is 6.78. The van der Waals surface area contributed by atoms with Crippen LogP contribution in [0.5, 0.6) is 0 Å². The molecular formula is C29H50O6. The summed E-state index contributed by atoms with van der Waals surface area (Å²) in [5, 5.41) is 0. The maximum atomic E-state index is 13.0. The van der Waals surface area contributed by atoms with Crippen LogP contribution >= 0.6 is 0 Å². The molecule has 0 aromatic rings. The molecule has 1 aliphatic rings. The highest BCUT2D eigenvalue weighted by Crippen LogP contribution is 2.37. The molecule has 0 heterocycles.